The van der Waals surface area contributed by atoms with Gasteiger partial charge in [-0.1, -0.05) is 0 Å². The fourth-order valence-electron chi connectivity index (χ4n) is 1.72. The van der Waals surface area contributed by atoms with Gasteiger partial charge in [0.1, 0.15) is 11.8 Å². The number of benzene rings is 1. The van der Waals surface area contributed by atoms with Crippen LogP contribution in [0.2, 0.25) is 0 Å². The molecule has 0 unspecified atom stereocenters. The number of rotatable bonds is 0. The van der Waals surface area contributed by atoms with Crippen LogP contribution in [-0.2, 0) is 6.42 Å². The standard InChI is InChI=1S/C10H10N2O/c1-12-5-4-8-9(12)3-2-7(6-11)10(8)13/h2-3,13H,4-5H2,1H3. The van der Waals surface area contributed by atoms with Crippen molar-refractivity contribution >= 4 is 5.69 Å². The Balaban J connectivity index is 2.62. The summed E-state index contributed by atoms with van der Waals surface area (Å²) in [5.41, 5.74) is 2.31. The zero-order valence-electron chi connectivity index (χ0n) is 7.41. The van der Waals surface area contributed by atoms with Gasteiger partial charge >= 0.3 is 0 Å². The Kier molecular flexibility index (Phi) is 1.63. The highest BCUT2D eigenvalue weighted by Crippen LogP contribution is 2.35. The molecule has 0 amide bonds. The third kappa shape index (κ3) is 1.03. The summed E-state index contributed by atoms with van der Waals surface area (Å²) < 4.78 is 0. The van der Waals surface area contributed by atoms with E-state index in [2.05, 4.69) is 4.90 Å². The molecule has 1 heterocycles. The number of nitriles is 1. The molecule has 1 aromatic carbocycles. The summed E-state index contributed by atoms with van der Waals surface area (Å²) in [4.78, 5) is 2.08. The van der Waals surface area contributed by atoms with Crippen LogP contribution in [0.3, 0.4) is 0 Å². The Morgan fingerprint density at radius 3 is 3.00 bits per heavy atom. The van der Waals surface area contributed by atoms with E-state index < -0.39 is 0 Å². The number of aromatic hydroxyl groups is 1. The van der Waals surface area contributed by atoms with Crippen molar-refractivity contribution in [2.45, 2.75) is 6.42 Å². The second-order valence-corrected chi connectivity index (χ2v) is 3.24. The number of anilines is 1. The van der Waals surface area contributed by atoms with Crippen molar-refractivity contribution in [3.05, 3.63) is 23.3 Å². The van der Waals surface area contributed by atoms with Gasteiger partial charge in [0.2, 0.25) is 0 Å². The average molecular weight is 174 g/mol. The average Bonchev–Trinajstić information content (AvgIpc) is 2.50. The molecule has 13 heavy (non-hydrogen) atoms. The monoisotopic (exact) mass is 174 g/mol. The number of phenols is 1. The summed E-state index contributed by atoms with van der Waals surface area (Å²) in [6, 6.07) is 5.52. The third-order valence-electron chi connectivity index (χ3n) is 2.49. The highest BCUT2D eigenvalue weighted by atomic mass is 16.3. The normalized spacial score (nSPS) is 14.0. The minimum atomic E-state index is 0.157. The van der Waals surface area contributed by atoms with E-state index in [4.69, 9.17) is 5.26 Å². The molecule has 1 aliphatic rings. The van der Waals surface area contributed by atoms with Crippen LogP contribution < -0.4 is 4.90 Å². The van der Waals surface area contributed by atoms with Crippen molar-refractivity contribution in [3.8, 4) is 11.8 Å². The molecule has 0 bridgehead atoms. The molecule has 1 aliphatic heterocycles. The topological polar surface area (TPSA) is 47.3 Å². The first-order valence-electron chi connectivity index (χ1n) is 4.20. The molecule has 3 heteroatoms. The Morgan fingerprint density at radius 1 is 1.54 bits per heavy atom. The molecule has 1 aromatic rings. The molecular formula is C10H10N2O. The summed E-state index contributed by atoms with van der Waals surface area (Å²) in [7, 11) is 1.98. The lowest BCUT2D eigenvalue weighted by Crippen LogP contribution is -2.12. The van der Waals surface area contributed by atoms with E-state index in [1.807, 2.05) is 19.2 Å². The number of fused-ring (bicyclic) bond motifs is 1. The van der Waals surface area contributed by atoms with E-state index in [0.717, 1.165) is 24.2 Å². The van der Waals surface area contributed by atoms with Gasteiger partial charge in [0.15, 0.2) is 0 Å². The van der Waals surface area contributed by atoms with Gasteiger partial charge in [-0.25, -0.2) is 0 Å². The number of nitrogens with zero attached hydrogens (tertiary/aromatic N) is 2. The van der Waals surface area contributed by atoms with Crippen LogP contribution >= 0.6 is 0 Å². The first-order valence-corrected chi connectivity index (χ1v) is 4.20. The molecule has 0 aliphatic carbocycles. The fraction of sp³-hybridized carbons (Fsp3) is 0.300. The van der Waals surface area contributed by atoms with Crippen molar-refractivity contribution in [1.82, 2.24) is 0 Å². The van der Waals surface area contributed by atoms with Gasteiger partial charge in [-0.15, -0.1) is 0 Å². The molecule has 0 atom stereocenters. The third-order valence-corrected chi connectivity index (χ3v) is 2.49. The molecular weight excluding hydrogens is 164 g/mol. The SMILES string of the molecule is CN1CCc2c1ccc(C#N)c2O. The van der Waals surface area contributed by atoms with Crippen LogP contribution in [0, 0.1) is 11.3 Å². The summed E-state index contributed by atoms with van der Waals surface area (Å²) >= 11 is 0. The van der Waals surface area contributed by atoms with Gasteiger partial charge in [-0.05, 0) is 18.6 Å². The van der Waals surface area contributed by atoms with Crippen molar-refractivity contribution in [2.24, 2.45) is 0 Å². The molecule has 66 valence electrons. The number of hydrogen-bond donors (Lipinski definition) is 1. The molecule has 1 N–H and O–H groups in total. The summed E-state index contributed by atoms with van der Waals surface area (Å²) in [6.45, 7) is 0.914. The predicted octanol–water partition coefficient (Wildman–Crippen LogP) is 1.26. The molecule has 0 aromatic heterocycles. The van der Waals surface area contributed by atoms with Crippen LogP contribution in [0.4, 0.5) is 5.69 Å². The van der Waals surface area contributed by atoms with E-state index in [1.165, 1.54) is 0 Å². The lowest BCUT2D eigenvalue weighted by atomic mass is 10.1. The molecule has 0 radical (unpaired) electrons. The fourth-order valence-corrected chi connectivity index (χ4v) is 1.72. The second-order valence-electron chi connectivity index (χ2n) is 3.24. The maximum atomic E-state index is 9.68. The quantitative estimate of drug-likeness (QED) is 0.644. The van der Waals surface area contributed by atoms with E-state index in [-0.39, 0.29) is 5.75 Å². The zero-order valence-corrected chi connectivity index (χ0v) is 7.41. The van der Waals surface area contributed by atoms with E-state index in [0.29, 0.717) is 5.56 Å². The Labute approximate surface area is 76.8 Å². The highest BCUT2D eigenvalue weighted by Gasteiger charge is 2.20. The van der Waals surface area contributed by atoms with Gasteiger partial charge < -0.3 is 10.0 Å². The molecule has 0 spiro atoms. The van der Waals surface area contributed by atoms with Gasteiger partial charge in [0.25, 0.3) is 0 Å². The van der Waals surface area contributed by atoms with Crippen molar-refractivity contribution < 1.29 is 5.11 Å². The minimum absolute atomic E-state index is 0.157. The van der Waals surface area contributed by atoms with Crippen LogP contribution in [0.5, 0.6) is 5.75 Å². The summed E-state index contributed by atoms with van der Waals surface area (Å²) in [6.07, 6.45) is 0.827. The molecule has 0 saturated heterocycles. The number of likely N-dealkylation sites (N-methyl/N-ethyl adjacent to an activating group) is 1. The first kappa shape index (κ1) is 7.93. The van der Waals surface area contributed by atoms with Crippen molar-refractivity contribution in [2.75, 3.05) is 18.5 Å². The largest absolute Gasteiger partial charge is 0.506 e. The predicted molar refractivity (Wildman–Crippen MR) is 49.8 cm³/mol. The van der Waals surface area contributed by atoms with Crippen LogP contribution in [0.15, 0.2) is 12.1 Å². The summed E-state index contributed by atoms with van der Waals surface area (Å²) in [5.74, 6) is 0.157. The van der Waals surface area contributed by atoms with Crippen molar-refractivity contribution in [3.63, 3.8) is 0 Å². The summed E-state index contributed by atoms with van der Waals surface area (Å²) in [5, 5.41) is 18.4. The highest BCUT2D eigenvalue weighted by molar-refractivity contribution is 5.66. The van der Waals surface area contributed by atoms with Gasteiger partial charge in [0.05, 0.1) is 5.56 Å². The smallest absolute Gasteiger partial charge is 0.138 e. The van der Waals surface area contributed by atoms with Gasteiger partial charge in [-0.3, -0.25) is 0 Å². The molecule has 0 saturated carbocycles. The second kappa shape index (κ2) is 2.67. The maximum Gasteiger partial charge on any atom is 0.138 e. The van der Waals surface area contributed by atoms with E-state index >= 15 is 0 Å². The van der Waals surface area contributed by atoms with Crippen LogP contribution in [-0.4, -0.2) is 18.7 Å². The van der Waals surface area contributed by atoms with Crippen LogP contribution in [0.25, 0.3) is 0 Å². The zero-order chi connectivity index (χ0) is 9.42. The van der Waals surface area contributed by atoms with Gasteiger partial charge in [0, 0.05) is 24.8 Å². The molecule has 3 nitrogen and oxygen atoms in total. The lowest BCUT2D eigenvalue weighted by Gasteiger charge is -2.11. The lowest BCUT2D eigenvalue weighted by molar-refractivity contribution is 0.468. The maximum absolute atomic E-state index is 9.68. The minimum Gasteiger partial charge on any atom is -0.506 e. The van der Waals surface area contributed by atoms with Crippen molar-refractivity contribution in [1.29, 1.82) is 5.26 Å². The first-order chi connectivity index (χ1) is 6.24. The Hall–Kier alpha value is -1.69. The Morgan fingerprint density at radius 2 is 2.31 bits per heavy atom. The number of hydrogen-bond acceptors (Lipinski definition) is 3. The Bertz CT molecular complexity index is 393. The van der Waals surface area contributed by atoms with Gasteiger partial charge in [-0.2, -0.15) is 5.26 Å². The van der Waals surface area contributed by atoms with E-state index in [1.54, 1.807) is 6.07 Å². The molecule has 0 fully saturated rings. The number of phenolic OH excluding ortho intramolecular Hbond substituents is 1. The van der Waals surface area contributed by atoms with Crippen LogP contribution in [0.1, 0.15) is 11.1 Å². The van der Waals surface area contributed by atoms with E-state index in [9.17, 15) is 5.11 Å². The molecule has 2 rings (SSSR count).